The van der Waals surface area contributed by atoms with Crippen molar-refractivity contribution in [3.8, 4) is 0 Å². The van der Waals surface area contributed by atoms with Crippen molar-refractivity contribution in [3.63, 3.8) is 0 Å². The van der Waals surface area contributed by atoms with Gasteiger partial charge in [-0.05, 0) is 12.6 Å². The standard InChI is InChI=1S/C12H24O6Si/c1-13-19(3,14-2)5-4-12(17-8-10-6-15-10)18-9-11-7-16-11/h10-12H,4-9H2,1-3H3. The quantitative estimate of drug-likeness (QED) is 0.320. The Balaban J connectivity index is 1.70. The number of hydrogen-bond acceptors (Lipinski definition) is 6. The fraction of sp³-hybridized carbons (Fsp3) is 1.00. The number of epoxide rings is 2. The highest BCUT2D eigenvalue weighted by Crippen LogP contribution is 2.20. The topological polar surface area (TPSA) is 62.0 Å². The average Bonchev–Trinajstić information content (AvgIpc) is 3.29. The van der Waals surface area contributed by atoms with E-state index in [1.54, 1.807) is 14.2 Å². The van der Waals surface area contributed by atoms with E-state index in [0.717, 1.165) is 25.7 Å². The highest BCUT2D eigenvalue weighted by Gasteiger charge is 2.32. The third-order valence-corrected chi connectivity index (χ3v) is 6.36. The molecule has 2 aliphatic rings. The van der Waals surface area contributed by atoms with Crippen LogP contribution < -0.4 is 0 Å². The molecule has 112 valence electrons. The Kier molecular flexibility index (Phi) is 5.76. The summed E-state index contributed by atoms with van der Waals surface area (Å²) in [5.74, 6) is 0. The van der Waals surface area contributed by atoms with Crippen molar-refractivity contribution < 1.29 is 27.8 Å². The molecule has 0 aromatic rings. The summed E-state index contributed by atoms with van der Waals surface area (Å²) in [5.41, 5.74) is 0. The van der Waals surface area contributed by atoms with Crippen LogP contribution >= 0.6 is 0 Å². The summed E-state index contributed by atoms with van der Waals surface area (Å²) in [5, 5.41) is 0. The van der Waals surface area contributed by atoms with Crippen molar-refractivity contribution in [1.29, 1.82) is 0 Å². The van der Waals surface area contributed by atoms with Crippen molar-refractivity contribution in [2.24, 2.45) is 0 Å². The lowest BCUT2D eigenvalue weighted by atomic mass is 10.4. The van der Waals surface area contributed by atoms with Gasteiger partial charge in [0.1, 0.15) is 12.2 Å². The van der Waals surface area contributed by atoms with E-state index >= 15 is 0 Å². The monoisotopic (exact) mass is 292 g/mol. The molecule has 0 N–H and O–H groups in total. The van der Waals surface area contributed by atoms with E-state index < -0.39 is 8.56 Å². The van der Waals surface area contributed by atoms with Gasteiger partial charge in [-0.15, -0.1) is 0 Å². The predicted molar refractivity (Wildman–Crippen MR) is 70.2 cm³/mol. The van der Waals surface area contributed by atoms with E-state index in [-0.39, 0.29) is 18.5 Å². The summed E-state index contributed by atoms with van der Waals surface area (Å²) >= 11 is 0. The number of rotatable bonds is 11. The summed E-state index contributed by atoms with van der Waals surface area (Å²) in [6, 6.07) is 0.835. The lowest BCUT2D eigenvalue weighted by Crippen LogP contribution is -2.37. The van der Waals surface area contributed by atoms with E-state index in [0.29, 0.717) is 13.2 Å². The van der Waals surface area contributed by atoms with Gasteiger partial charge in [0.05, 0.1) is 26.4 Å². The maximum atomic E-state index is 5.74. The predicted octanol–water partition coefficient (Wildman–Crippen LogP) is 0.898. The maximum absolute atomic E-state index is 5.74. The van der Waals surface area contributed by atoms with Crippen LogP contribution in [-0.4, -0.2) is 67.7 Å². The van der Waals surface area contributed by atoms with Gasteiger partial charge in [-0.1, -0.05) is 0 Å². The lowest BCUT2D eigenvalue weighted by molar-refractivity contribution is -0.148. The highest BCUT2D eigenvalue weighted by atomic mass is 28.4. The number of hydrogen-bond donors (Lipinski definition) is 0. The zero-order valence-corrected chi connectivity index (χ0v) is 12.9. The molecular weight excluding hydrogens is 268 g/mol. The second-order valence-corrected chi connectivity index (χ2v) is 8.67. The van der Waals surface area contributed by atoms with Crippen molar-refractivity contribution in [2.75, 3.05) is 40.6 Å². The molecular formula is C12H24O6Si. The smallest absolute Gasteiger partial charge is 0.334 e. The van der Waals surface area contributed by atoms with E-state index in [4.69, 9.17) is 27.8 Å². The molecule has 0 aliphatic carbocycles. The van der Waals surface area contributed by atoms with Crippen LogP contribution in [0.1, 0.15) is 6.42 Å². The molecule has 2 aliphatic heterocycles. The second kappa shape index (κ2) is 7.12. The lowest BCUT2D eigenvalue weighted by Gasteiger charge is -2.25. The average molecular weight is 292 g/mol. The molecule has 2 unspecified atom stereocenters. The van der Waals surface area contributed by atoms with E-state index in [1.807, 2.05) is 6.55 Å². The fourth-order valence-electron chi connectivity index (χ4n) is 1.64. The van der Waals surface area contributed by atoms with Crippen molar-refractivity contribution in [1.82, 2.24) is 0 Å². The minimum absolute atomic E-state index is 0.231. The molecule has 7 heteroatoms. The Labute approximate surface area is 115 Å². The molecule has 0 aromatic heterocycles. The van der Waals surface area contributed by atoms with Gasteiger partial charge in [-0.3, -0.25) is 0 Å². The Morgan fingerprint density at radius 1 is 1.05 bits per heavy atom. The van der Waals surface area contributed by atoms with Gasteiger partial charge < -0.3 is 27.8 Å². The Hall–Kier alpha value is -0.0231. The van der Waals surface area contributed by atoms with Crippen molar-refractivity contribution in [2.45, 2.75) is 37.5 Å². The molecule has 0 bridgehead atoms. The first-order valence-corrected chi connectivity index (χ1v) is 9.24. The molecule has 2 heterocycles. The summed E-state index contributed by atoms with van der Waals surface area (Å²) in [6.07, 6.45) is 1.03. The zero-order chi connectivity index (χ0) is 13.7. The van der Waals surface area contributed by atoms with Crippen LogP contribution in [0.2, 0.25) is 12.6 Å². The van der Waals surface area contributed by atoms with Crippen molar-refractivity contribution >= 4 is 8.56 Å². The molecule has 2 saturated heterocycles. The Bertz CT molecular complexity index is 249. The van der Waals surface area contributed by atoms with Gasteiger partial charge >= 0.3 is 8.56 Å². The Morgan fingerprint density at radius 2 is 1.53 bits per heavy atom. The van der Waals surface area contributed by atoms with Crippen LogP contribution in [0, 0.1) is 0 Å². The van der Waals surface area contributed by atoms with Crippen LogP contribution in [0.5, 0.6) is 0 Å². The third-order valence-electron chi connectivity index (χ3n) is 3.44. The molecule has 2 atom stereocenters. The summed E-state index contributed by atoms with van der Waals surface area (Å²) in [6.45, 7) is 4.81. The second-order valence-electron chi connectivity index (χ2n) is 5.09. The van der Waals surface area contributed by atoms with Crippen LogP contribution in [-0.2, 0) is 27.8 Å². The highest BCUT2D eigenvalue weighted by molar-refractivity contribution is 6.65. The van der Waals surface area contributed by atoms with Gasteiger partial charge in [-0.2, -0.15) is 0 Å². The van der Waals surface area contributed by atoms with Gasteiger partial charge in [0.25, 0.3) is 0 Å². The first-order chi connectivity index (χ1) is 9.15. The zero-order valence-electron chi connectivity index (χ0n) is 11.9. The summed E-state index contributed by atoms with van der Waals surface area (Å²) in [4.78, 5) is 0. The van der Waals surface area contributed by atoms with Crippen molar-refractivity contribution in [3.05, 3.63) is 0 Å². The molecule has 2 rings (SSSR count). The summed E-state index contributed by atoms with van der Waals surface area (Å²) in [7, 11) is 1.33. The van der Waals surface area contributed by atoms with E-state index in [2.05, 4.69) is 0 Å². The van der Waals surface area contributed by atoms with Gasteiger partial charge in [0.2, 0.25) is 0 Å². The Morgan fingerprint density at radius 3 is 1.89 bits per heavy atom. The number of ether oxygens (including phenoxy) is 4. The normalized spacial score (nSPS) is 27.3. The molecule has 0 amide bonds. The molecule has 0 aromatic carbocycles. The van der Waals surface area contributed by atoms with Crippen LogP contribution in [0.15, 0.2) is 0 Å². The van der Waals surface area contributed by atoms with Crippen LogP contribution in [0.25, 0.3) is 0 Å². The summed E-state index contributed by atoms with van der Waals surface area (Å²) < 4.78 is 32.7. The molecule has 19 heavy (non-hydrogen) atoms. The molecule has 0 radical (unpaired) electrons. The molecule has 2 fully saturated rings. The van der Waals surface area contributed by atoms with E-state index in [9.17, 15) is 0 Å². The maximum Gasteiger partial charge on any atom is 0.334 e. The third kappa shape index (κ3) is 5.86. The van der Waals surface area contributed by atoms with Gasteiger partial charge in [0, 0.05) is 20.6 Å². The molecule has 0 saturated carbocycles. The van der Waals surface area contributed by atoms with Gasteiger partial charge in [0.15, 0.2) is 6.29 Å². The molecule has 0 spiro atoms. The largest absolute Gasteiger partial charge is 0.398 e. The fourth-order valence-corrected chi connectivity index (χ4v) is 2.98. The first-order valence-electron chi connectivity index (χ1n) is 6.72. The van der Waals surface area contributed by atoms with Crippen LogP contribution in [0.4, 0.5) is 0 Å². The first kappa shape index (κ1) is 15.4. The van der Waals surface area contributed by atoms with Gasteiger partial charge in [-0.25, -0.2) is 0 Å². The van der Waals surface area contributed by atoms with E-state index in [1.165, 1.54) is 0 Å². The van der Waals surface area contributed by atoms with Crippen LogP contribution in [0.3, 0.4) is 0 Å². The minimum atomic E-state index is -2.06. The SMILES string of the molecule is CO[Si](C)(CCC(OCC1CO1)OCC1CO1)OC. The molecule has 6 nitrogen and oxygen atoms in total. The minimum Gasteiger partial charge on any atom is -0.398 e.